The van der Waals surface area contributed by atoms with E-state index in [1.165, 1.54) is 0 Å². The molecule has 0 amide bonds. The van der Waals surface area contributed by atoms with Crippen LogP contribution in [0.25, 0.3) is 0 Å². The van der Waals surface area contributed by atoms with Crippen LogP contribution in [0.2, 0.25) is 0 Å². The number of carbonyl (C=O) groups excluding carboxylic acids is 3. The predicted molar refractivity (Wildman–Crippen MR) is 36.7 cm³/mol. The van der Waals surface area contributed by atoms with Gasteiger partial charge in [0.1, 0.15) is 0 Å². The lowest BCUT2D eigenvalue weighted by molar-refractivity contribution is -0.200. The molecule has 0 N–H and O–H groups in total. The monoisotopic (exact) mass is 304 g/mol. The van der Waals surface area contributed by atoms with Gasteiger partial charge in [0.25, 0.3) is 17.3 Å². The molecule has 0 rings (SSSR count). The molecule has 0 radical (unpaired) electrons. The van der Waals surface area contributed by atoms with Crippen LogP contribution in [0.4, 0.5) is 39.5 Å². The molecule has 0 fully saturated rings. The molecule has 0 aliphatic rings. The molecule has 110 valence electrons. The Morgan fingerprint density at radius 2 is 0.684 bits per heavy atom. The van der Waals surface area contributed by atoms with E-state index in [1.807, 2.05) is 0 Å². The summed E-state index contributed by atoms with van der Waals surface area (Å²) in [7, 11) is 0. The highest BCUT2D eigenvalue weighted by atomic mass is 19.4. The highest BCUT2D eigenvalue weighted by Crippen LogP contribution is 2.32. The Bertz CT molecular complexity index is 338. The number of Topliss-reactive ketones (excluding diaryl/α,β-unsaturated/α-hetero) is 3. The summed E-state index contributed by atoms with van der Waals surface area (Å²) in [5.74, 6) is -15.7. The minimum atomic E-state index is -6.20. The van der Waals surface area contributed by atoms with Gasteiger partial charge in [0.2, 0.25) is 0 Å². The first-order valence-corrected chi connectivity index (χ1v) is 3.93. The second kappa shape index (κ2) is 4.81. The van der Waals surface area contributed by atoms with E-state index in [4.69, 9.17) is 0 Å². The lowest BCUT2D eigenvalue weighted by Crippen LogP contribution is -2.49. The molecule has 12 heteroatoms. The second-order valence-electron chi connectivity index (χ2n) is 3.02. The normalized spacial score (nSPS) is 13.6. The van der Waals surface area contributed by atoms with Gasteiger partial charge in [-0.15, -0.1) is 0 Å². The van der Waals surface area contributed by atoms with Gasteiger partial charge in [0.15, 0.2) is 5.92 Å². The van der Waals surface area contributed by atoms with Gasteiger partial charge in [-0.1, -0.05) is 0 Å². The minimum absolute atomic E-state index is 3.72. The average Bonchev–Trinajstić information content (AvgIpc) is 2.13. The fraction of sp³-hybridized carbons (Fsp3) is 0.571. The molecule has 0 aromatic carbocycles. The molecule has 0 aliphatic heterocycles. The fourth-order valence-electron chi connectivity index (χ4n) is 0.848. The third-order valence-electron chi connectivity index (χ3n) is 1.62. The van der Waals surface area contributed by atoms with E-state index in [0.717, 1.165) is 0 Å². The van der Waals surface area contributed by atoms with Gasteiger partial charge in [-0.3, -0.25) is 14.4 Å². The quantitative estimate of drug-likeness (QED) is 0.592. The first-order chi connectivity index (χ1) is 8.10. The minimum Gasteiger partial charge on any atom is -0.288 e. The zero-order valence-corrected chi connectivity index (χ0v) is 8.20. The molecule has 0 saturated heterocycles. The van der Waals surface area contributed by atoms with Gasteiger partial charge in [0.05, 0.1) is 0 Å². The molecule has 0 spiro atoms. The first kappa shape index (κ1) is 17.4. The predicted octanol–water partition coefficient (Wildman–Crippen LogP) is 2.00. The highest BCUT2D eigenvalue weighted by molar-refractivity contribution is 6.23. The fourth-order valence-corrected chi connectivity index (χ4v) is 0.848. The number of hydrogen-bond acceptors (Lipinski definition) is 3. The standard InChI is InChI=1S/C7HF9O3/c8-5(9,10)2(17)1(3(18)6(11,12)13)4(19)7(14,15)16/h1H. The summed E-state index contributed by atoms with van der Waals surface area (Å²) < 4.78 is 106. The van der Waals surface area contributed by atoms with E-state index >= 15 is 0 Å². The number of ketones is 3. The zero-order chi connectivity index (χ0) is 15.8. The third kappa shape index (κ3) is 4.21. The van der Waals surface area contributed by atoms with E-state index in [0.29, 0.717) is 0 Å². The van der Waals surface area contributed by atoms with Crippen molar-refractivity contribution < 1.29 is 53.9 Å². The maximum Gasteiger partial charge on any atom is 0.451 e. The Morgan fingerprint density at radius 3 is 0.789 bits per heavy atom. The number of hydrogen-bond donors (Lipinski definition) is 0. The van der Waals surface area contributed by atoms with Gasteiger partial charge >= 0.3 is 18.5 Å². The molecule has 0 aliphatic carbocycles. The van der Waals surface area contributed by atoms with E-state index in [1.54, 1.807) is 0 Å². The van der Waals surface area contributed by atoms with Crippen LogP contribution in [0, 0.1) is 5.92 Å². The van der Waals surface area contributed by atoms with Crippen molar-refractivity contribution in [1.29, 1.82) is 0 Å². The number of carbonyl (C=O) groups is 3. The summed E-state index contributed by atoms with van der Waals surface area (Å²) in [5, 5.41) is 0. The summed E-state index contributed by atoms with van der Waals surface area (Å²) in [6.45, 7) is 0. The van der Waals surface area contributed by atoms with Crippen molar-refractivity contribution >= 4 is 17.3 Å². The largest absolute Gasteiger partial charge is 0.451 e. The second-order valence-corrected chi connectivity index (χ2v) is 3.02. The molecule has 0 atom stereocenters. The summed E-state index contributed by atoms with van der Waals surface area (Å²) in [6, 6.07) is 0. The Hall–Kier alpha value is -1.62. The Kier molecular flexibility index (Phi) is 4.40. The van der Waals surface area contributed by atoms with Gasteiger partial charge in [-0.25, -0.2) is 0 Å². The topological polar surface area (TPSA) is 51.2 Å². The van der Waals surface area contributed by atoms with Crippen LogP contribution in [0.5, 0.6) is 0 Å². The van der Waals surface area contributed by atoms with Gasteiger partial charge in [-0.05, 0) is 0 Å². The average molecular weight is 304 g/mol. The van der Waals surface area contributed by atoms with Crippen LogP contribution in [0.3, 0.4) is 0 Å². The van der Waals surface area contributed by atoms with Gasteiger partial charge in [-0.2, -0.15) is 39.5 Å². The lowest BCUT2D eigenvalue weighted by Gasteiger charge is -2.17. The molecular formula is C7HF9O3. The summed E-state index contributed by atoms with van der Waals surface area (Å²) in [4.78, 5) is 31.1. The molecular weight excluding hydrogens is 303 g/mol. The maximum absolute atomic E-state index is 11.8. The third-order valence-corrected chi connectivity index (χ3v) is 1.62. The SMILES string of the molecule is O=C(C(C(=O)C(F)(F)F)C(=O)C(F)(F)F)C(F)(F)F. The lowest BCUT2D eigenvalue weighted by atomic mass is 9.92. The Labute approximate surface area is 96.9 Å². The molecule has 0 saturated carbocycles. The highest BCUT2D eigenvalue weighted by Gasteiger charge is 2.61. The molecule has 0 unspecified atom stereocenters. The Morgan fingerprint density at radius 1 is 0.526 bits per heavy atom. The molecule has 3 nitrogen and oxygen atoms in total. The molecule has 0 heterocycles. The number of halogens is 9. The molecule has 0 bridgehead atoms. The summed E-state index contributed by atoms with van der Waals surface area (Å²) in [5.41, 5.74) is 0. The maximum atomic E-state index is 11.8. The number of rotatable bonds is 3. The van der Waals surface area contributed by atoms with Crippen LogP contribution in [0.15, 0.2) is 0 Å². The molecule has 0 aromatic rings. The van der Waals surface area contributed by atoms with E-state index < -0.39 is 41.8 Å². The smallest absolute Gasteiger partial charge is 0.288 e. The van der Waals surface area contributed by atoms with Crippen molar-refractivity contribution in [3.8, 4) is 0 Å². The van der Waals surface area contributed by atoms with Crippen LogP contribution >= 0.6 is 0 Å². The summed E-state index contributed by atoms with van der Waals surface area (Å²) >= 11 is 0. The van der Waals surface area contributed by atoms with Crippen molar-refractivity contribution in [1.82, 2.24) is 0 Å². The van der Waals surface area contributed by atoms with Crippen molar-refractivity contribution in [2.45, 2.75) is 18.5 Å². The molecule has 19 heavy (non-hydrogen) atoms. The Balaban J connectivity index is 5.74. The van der Waals surface area contributed by atoms with Crippen molar-refractivity contribution in [2.24, 2.45) is 5.92 Å². The van der Waals surface area contributed by atoms with Crippen LogP contribution in [-0.2, 0) is 14.4 Å². The van der Waals surface area contributed by atoms with Crippen molar-refractivity contribution in [3.63, 3.8) is 0 Å². The van der Waals surface area contributed by atoms with Gasteiger partial charge in [0, 0.05) is 0 Å². The summed E-state index contributed by atoms with van der Waals surface area (Å²) in [6.07, 6.45) is -18.6. The molecule has 0 aromatic heterocycles. The van der Waals surface area contributed by atoms with Crippen molar-refractivity contribution in [3.05, 3.63) is 0 Å². The van der Waals surface area contributed by atoms with E-state index in [-0.39, 0.29) is 0 Å². The van der Waals surface area contributed by atoms with Crippen LogP contribution in [0.1, 0.15) is 0 Å². The van der Waals surface area contributed by atoms with Crippen LogP contribution < -0.4 is 0 Å². The van der Waals surface area contributed by atoms with Crippen LogP contribution in [-0.4, -0.2) is 35.9 Å². The van der Waals surface area contributed by atoms with E-state index in [2.05, 4.69) is 0 Å². The first-order valence-electron chi connectivity index (χ1n) is 3.93. The van der Waals surface area contributed by atoms with Gasteiger partial charge < -0.3 is 0 Å². The van der Waals surface area contributed by atoms with E-state index in [9.17, 15) is 53.9 Å². The number of alkyl halides is 9. The zero-order valence-electron chi connectivity index (χ0n) is 8.20. The van der Waals surface area contributed by atoms with Crippen molar-refractivity contribution in [2.75, 3.05) is 0 Å².